The third-order valence-electron chi connectivity index (χ3n) is 3.64. The number of hydrogen-bond acceptors (Lipinski definition) is 3. The number of nitrogens with one attached hydrogen (secondary N) is 1. The number of nitrogens with zero attached hydrogens (tertiary/aromatic N) is 1. The van der Waals surface area contributed by atoms with Crippen LogP contribution in [0.25, 0.3) is 0 Å². The molecule has 0 spiro atoms. The van der Waals surface area contributed by atoms with Crippen LogP contribution in [-0.4, -0.2) is 43.6 Å². The predicted molar refractivity (Wildman–Crippen MR) is 71.4 cm³/mol. The Kier molecular flexibility index (Phi) is 4.98. The maximum atomic E-state index is 12.3. The van der Waals surface area contributed by atoms with Crippen molar-refractivity contribution >= 4 is 10.0 Å². The average Bonchev–Trinajstić information content (AvgIpc) is 2.56. The standard InChI is InChI=1S/C12H26N2O2S/c1-9(2)13-6-12(5)17(15,16)14-7-10(3)11(4)8-14/h9-13H,6-8H2,1-5H3. The predicted octanol–water partition coefficient (Wildman–Crippen LogP) is 1.29. The second-order valence-electron chi connectivity index (χ2n) is 5.69. The van der Waals surface area contributed by atoms with Gasteiger partial charge in [0, 0.05) is 25.7 Å². The lowest BCUT2D eigenvalue weighted by atomic mass is 10.0. The molecule has 1 N–H and O–H groups in total. The van der Waals surface area contributed by atoms with Gasteiger partial charge in [0.2, 0.25) is 10.0 Å². The summed E-state index contributed by atoms with van der Waals surface area (Å²) in [5.74, 6) is 0.935. The van der Waals surface area contributed by atoms with E-state index in [1.807, 2.05) is 13.8 Å². The highest BCUT2D eigenvalue weighted by Gasteiger charge is 2.36. The van der Waals surface area contributed by atoms with Gasteiger partial charge in [-0.25, -0.2) is 12.7 Å². The molecule has 3 atom stereocenters. The normalized spacial score (nSPS) is 28.8. The highest BCUT2D eigenvalue weighted by Crippen LogP contribution is 2.26. The Morgan fingerprint density at radius 2 is 1.65 bits per heavy atom. The van der Waals surface area contributed by atoms with E-state index < -0.39 is 10.0 Å². The van der Waals surface area contributed by atoms with E-state index in [-0.39, 0.29) is 5.25 Å². The van der Waals surface area contributed by atoms with E-state index in [1.54, 1.807) is 11.2 Å². The summed E-state index contributed by atoms with van der Waals surface area (Å²) < 4.78 is 26.3. The van der Waals surface area contributed by atoms with Crippen LogP contribution in [0, 0.1) is 11.8 Å². The first-order valence-electron chi connectivity index (χ1n) is 6.47. The highest BCUT2D eigenvalue weighted by molar-refractivity contribution is 7.89. The van der Waals surface area contributed by atoms with Crippen molar-refractivity contribution in [3.8, 4) is 0 Å². The van der Waals surface area contributed by atoms with Crippen molar-refractivity contribution in [3.05, 3.63) is 0 Å². The van der Waals surface area contributed by atoms with Gasteiger partial charge in [-0.05, 0) is 18.8 Å². The van der Waals surface area contributed by atoms with Crippen molar-refractivity contribution in [2.75, 3.05) is 19.6 Å². The number of rotatable bonds is 5. The SMILES string of the molecule is CC(C)NCC(C)S(=O)(=O)N1CC(C)C(C)C1. The zero-order valence-corrected chi connectivity index (χ0v) is 12.4. The quantitative estimate of drug-likeness (QED) is 0.812. The fourth-order valence-corrected chi connectivity index (χ4v) is 3.75. The van der Waals surface area contributed by atoms with Gasteiger partial charge in [0.05, 0.1) is 5.25 Å². The lowest BCUT2D eigenvalue weighted by Crippen LogP contribution is -2.42. The van der Waals surface area contributed by atoms with Crippen LogP contribution in [-0.2, 0) is 10.0 Å². The zero-order chi connectivity index (χ0) is 13.2. The minimum Gasteiger partial charge on any atom is -0.313 e. The van der Waals surface area contributed by atoms with E-state index >= 15 is 0 Å². The molecular weight excluding hydrogens is 236 g/mol. The molecule has 1 saturated heterocycles. The van der Waals surface area contributed by atoms with Gasteiger partial charge in [-0.3, -0.25) is 0 Å². The molecule has 1 rings (SSSR count). The van der Waals surface area contributed by atoms with Gasteiger partial charge in [-0.2, -0.15) is 0 Å². The Balaban J connectivity index is 2.62. The lowest BCUT2D eigenvalue weighted by molar-refractivity contribution is 0.448. The fourth-order valence-electron chi connectivity index (χ4n) is 2.05. The van der Waals surface area contributed by atoms with Crippen LogP contribution < -0.4 is 5.32 Å². The van der Waals surface area contributed by atoms with Crippen LogP contribution in [0.2, 0.25) is 0 Å². The maximum Gasteiger partial charge on any atom is 0.217 e. The smallest absolute Gasteiger partial charge is 0.217 e. The summed E-state index contributed by atoms with van der Waals surface area (Å²) in [6.45, 7) is 12.0. The van der Waals surface area contributed by atoms with E-state index in [2.05, 4.69) is 19.2 Å². The number of hydrogen-bond donors (Lipinski definition) is 1. The van der Waals surface area contributed by atoms with Crippen molar-refractivity contribution in [2.45, 2.75) is 45.9 Å². The molecular formula is C12H26N2O2S. The molecule has 3 unspecified atom stereocenters. The summed E-state index contributed by atoms with van der Waals surface area (Å²) in [7, 11) is -3.13. The van der Waals surface area contributed by atoms with Crippen molar-refractivity contribution in [1.29, 1.82) is 0 Å². The van der Waals surface area contributed by atoms with Gasteiger partial charge in [-0.1, -0.05) is 27.7 Å². The molecule has 0 bridgehead atoms. The topological polar surface area (TPSA) is 49.4 Å². The van der Waals surface area contributed by atoms with Crippen LogP contribution in [0.15, 0.2) is 0 Å². The molecule has 1 aliphatic heterocycles. The van der Waals surface area contributed by atoms with Gasteiger partial charge < -0.3 is 5.32 Å². The van der Waals surface area contributed by atoms with E-state index in [1.165, 1.54) is 0 Å². The van der Waals surface area contributed by atoms with Crippen LogP contribution in [0.5, 0.6) is 0 Å². The van der Waals surface area contributed by atoms with Gasteiger partial charge >= 0.3 is 0 Å². The van der Waals surface area contributed by atoms with Gasteiger partial charge in [0.25, 0.3) is 0 Å². The van der Waals surface area contributed by atoms with Gasteiger partial charge in [0.15, 0.2) is 0 Å². The maximum absolute atomic E-state index is 12.3. The Morgan fingerprint density at radius 3 is 2.06 bits per heavy atom. The van der Waals surface area contributed by atoms with E-state index in [4.69, 9.17) is 0 Å². The zero-order valence-electron chi connectivity index (χ0n) is 11.6. The Bertz CT molecular complexity index is 330. The molecule has 5 heteroatoms. The largest absolute Gasteiger partial charge is 0.313 e. The first-order valence-corrected chi connectivity index (χ1v) is 7.97. The molecule has 17 heavy (non-hydrogen) atoms. The summed E-state index contributed by atoms with van der Waals surface area (Å²) in [5, 5.41) is 2.85. The second kappa shape index (κ2) is 5.67. The van der Waals surface area contributed by atoms with E-state index in [0.29, 0.717) is 37.5 Å². The minimum atomic E-state index is -3.13. The Labute approximate surface area is 106 Å². The Morgan fingerprint density at radius 1 is 1.18 bits per heavy atom. The van der Waals surface area contributed by atoms with Crippen molar-refractivity contribution in [2.24, 2.45) is 11.8 Å². The molecule has 1 fully saturated rings. The summed E-state index contributed by atoms with van der Waals surface area (Å²) in [5.41, 5.74) is 0. The minimum absolute atomic E-state index is 0.323. The highest BCUT2D eigenvalue weighted by atomic mass is 32.2. The molecule has 0 amide bonds. The van der Waals surface area contributed by atoms with Crippen LogP contribution in [0.4, 0.5) is 0 Å². The first-order chi connectivity index (χ1) is 7.75. The van der Waals surface area contributed by atoms with Crippen molar-refractivity contribution in [3.63, 3.8) is 0 Å². The van der Waals surface area contributed by atoms with Crippen molar-refractivity contribution < 1.29 is 8.42 Å². The molecule has 0 aromatic heterocycles. The van der Waals surface area contributed by atoms with Crippen LogP contribution in [0.1, 0.15) is 34.6 Å². The van der Waals surface area contributed by atoms with Gasteiger partial charge in [-0.15, -0.1) is 0 Å². The third-order valence-corrected chi connectivity index (χ3v) is 5.84. The molecule has 0 aromatic rings. The third kappa shape index (κ3) is 3.66. The Hall–Kier alpha value is -0.130. The van der Waals surface area contributed by atoms with Crippen LogP contribution in [0.3, 0.4) is 0 Å². The summed E-state index contributed by atoms with van der Waals surface area (Å²) in [4.78, 5) is 0. The molecule has 0 radical (unpaired) electrons. The first kappa shape index (κ1) is 14.9. The van der Waals surface area contributed by atoms with E-state index in [9.17, 15) is 8.42 Å². The molecule has 1 aliphatic rings. The molecule has 0 aromatic carbocycles. The summed E-state index contributed by atoms with van der Waals surface area (Å²) in [6, 6.07) is 0.323. The monoisotopic (exact) mass is 262 g/mol. The van der Waals surface area contributed by atoms with E-state index in [0.717, 1.165) is 0 Å². The molecule has 1 heterocycles. The van der Waals surface area contributed by atoms with Crippen molar-refractivity contribution in [1.82, 2.24) is 9.62 Å². The number of sulfonamides is 1. The lowest BCUT2D eigenvalue weighted by Gasteiger charge is -2.22. The summed E-state index contributed by atoms with van der Waals surface area (Å²) >= 11 is 0. The molecule has 4 nitrogen and oxygen atoms in total. The average molecular weight is 262 g/mol. The fraction of sp³-hybridized carbons (Fsp3) is 1.00. The van der Waals surface area contributed by atoms with Crippen LogP contribution >= 0.6 is 0 Å². The molecule has 0 saturated carbocycles. The molecule has 0 aliphatic carbocycles. The van der Waals surface area contributed by atoms with Gasteiger partial charge in [0.1, 0.15) is 0 Å². The second-order valence-corrected chi connectivity index (χ2v) is 8.04. The molecule has 102 valence electrons. The summed E-state index contributed by atoms with van der Waals surface area (Å²) in [6.07, 6.45) is 0.